The maximum atomic E-state index is 5.42. The highest BCUT2D eigenvalue weighted by molar-refractivity contribution is 14.0. The predicted molar refractivity (Wildman–Crippen MR) is 111 cm³/mol. The zero-order valence-electron chi connectivity index (χ0n) is 14.6. The van der Waals surface area contributed by atoms with E-state index < -0.39 is 0 Å². The number of fused-ring (bicyclic) bond motifs is 1. The summed E-state index contributed by atoms with van der Waals surface area (Å²) in [6.07, 6.45) is 0.898. The molecule has 6 heteroatoms. The van der Waals surface area contributed by atoms with Crippen LogP contribution in [0, 0.1) is 0 Å². The Morgan fingerprint density at radius 3 is 2.60 bits per heavy atom. The standard InChI is InChI=1S/C19H23N3O2.HI/c1-20-19(22(2)13-16-6-4-3-5-7-16)21-11-10-15-8-9-17-18(12-15)24-14-23-17;/h3-9,12H,10-11,13-14H2,1-2H3,(H,20,21);1H. The lowest BCUT2D eigenvalue weighted by atomic mass is 10.1. The van der Waals surface area contributed by atoms with Crippen LogP contribution >= 0.6 is 24.0 Å². The summed E-state index contributed by atoms with van der Waals surface area (Å²) in [6, 6.07) is 16.5. The molecule has 1 N–H and O–H groups in total. The molecule has 0 unspecified atom stereocenters. The number of nitrogens with one attached hydrogen (secondary N) is 1. The van der Waals surface area contributed by atoms with Gasteiger partial charge in [-0.3, -0.25) is 4.99 Å². The normalized spacial score (nSPS) is 12.5. The lowest BCUT2D eigenvalue weighted by molar-refractivity contribution is 0.174. The molecule has 1 heterocycles. The number of guanidine groups is 1. The van der Waals surface area contributed by atoms with Gasteiger partial charge in [0.1, 0.15) is 0 Å². The van der Waals surface area contributed by atoms with Crippen molar-refractivity contribution in [3.05, 3.63) is 59.7 Å². The van der Waals surface area contributed by atoms with Crippen LogP contribution in [0.25, 0.3) is 0 Å². The number of ether oxygens (including phenoxy) is 2. The molecule has 3 rings (SSSR count). The first-order valence-corrected chi connectivity index (χ1v) is 8.10. The maximum absolute atomic E-state index is 5.42. The van der Waals surface area contributed by atoms with Gasteiger partial charge in [0.15, 0.2) is 17.5 Å². The minimum atomic E-state index is 0. The molecule has 1 aliphatic rings. The molecule has 1 aliphatic heterocycles. The summed E-state index contributed by atoms with van der Waals surface area (Å²) in [5.74, 6) is 2.54. The van der Waals surface area contributed by atoms with Gasteiger partial charge in [0.05, 0.1) is 0 Å². The fourth-order valence-electron chi connectivity index (χ4n) is 2.73. The second kappa shape index (κ2) is 9.50. The first-order valence-electron chi connectivity index (χ1n) is 8.10. The molecule has 0 fully saturated rings. The van der Waals surface area contributed by atoms with Gasteiger partial charge in [-0.2, -0.15) is 0 Å². The van der Waals surface area contributed by atoms with Gasteiger partial charge in [0, 0.05) is 27.2 Å². The topological polar surface area (TPSA) is 46.1 Å². The van der Waals surface area contributed by atoms with Crippen LogP contribution < -0.4 is 14.8 Å². The number of hydrogen-bond donors (Lipinski definition) is 1. The van der Waals surface area contributed by atoms with Crippen molar-refractivity contribution < 1.29 is 9.47 Å². The lowest BCUT2D eigenvalue weighted by Gasteiger charge is -2.22. The number of benzene rings is 2. The van der Waals surface area contributed by atoms with Crippen molar-refractivity contribution in [3.63, 3.8) is 0 Å². The Bertz CT molecular complexity index is 707. The minimum absolute atomic E-state index is 0. The molecule has 0 bridgehead atoms. The molecule has 0 radical (unpaired) electrons. The Kier molecular flexibility index (Phi) is 7.36. The average Bonchev–Trinajstić information content (AvgIpc) is 3.07. The highest BCUT2D eigenvalue weighted by atomic mass is 127. The summed E-state index contributed by atoms with van der Waals surface area (Å²) in [4.78, 5) is 6.48. The summed E-state index contributed by atoms with van der Waals surface area (Å²) < 4.78 is 10.8. The van der Waals surface area contributed by atoms with E-state index >= 15 is 0 Å². The SMILES string of the molecule is CN=C(NCCc1ccc2c(c1)OCO2)N(C)Cc1ccccc1.I. The molecule has 0 saturated heterocycles. The third-order valence-electron chi connectivity index (χ3n) is 3.97. The fraction of sp³-hybridized carbons (Fsp3) is 0.316. The van der Waals surface area contributed by atoms with Crippen LogP contribution in [0.2, 0.25) is 0 Å². The Morgan fingerprint density at radius 1 is 1.08 bits per heavy atom. The second-order valence-electron chi connectivity index (χ2n) is 5.75. The van der Waals surface area contributed by atoms with Gasteiger partial charge < -0.3 is 19.7 Å². The van der Waals surface area contributed by atoms with E-state index in [9.17, 15) is 0 Å². The van der Waals surface area contributed by atoms with Gasteiger partial charge in [-0.15, -0.1) is 24.0 Å². The quantitative estimate of drug-likeness (QED) is 0.429. The van der Waals surface area contributed by atoms with E-state index in [1.165, 1.54) is 11.1 Å². The highest BCUT2D eigenvalue weighted by Gasteiger charge is 2.13. The predicted octanol–water partition coefficient (Wildman–Crippen LogP) is 3.28. The molecule has 0 aliphatic carbocycles. The van der Waals surface area contributed by atoms with Crippen LogP contribution in [0.5, 0.6) is 11.5 Å². The van der Waals surface area contributed by atoms with Gasteiger partial charge >= 0.3 is 0 Å². The molecule has 5 nitrogen and oxygen atoms in total. The van der Waals surface area contributed by atoms with E-state index in [1.54, 1.807) is 0 Å². The number of rotatable bonds is 5. The number of hydrogen-bond acceptors (Lipinski definition) is 3. The minimum Gasteiger partial charge on any atom is -0.454 e. The molecular formula is C19H24IN3O2. The third-order valence-corrected chi connectivity index (χ3v) is 3.97. The average molecular weight is 453 g/mol. The van der Waals surface area contributed by atoms with Crippen molar-refractivity contribution >= 4 is 29.9 Å². The second-order valence-corrected chi connectivity index (χ2v) is 5.75. The maximum Gasteiger partial charge on any atom is 0.231 e. The molecule has 0 atom stereocenters. The number of nitrogens with zero attached hydrogens (tertiary/aromatic N) is 2. The molecule has 0 aromatic heterocycles. The van der Waals surface area contributed by atoms with Crippen molar-refractivity contribution in [2.24, 2.45) is 4.99 Å². The summed E-state index contributed by atoms with van der Waals surface area (Å²) in [5.41, 5.74) is 2.48. The smallest absolute Gasteiger partial charge is 0.231 e. The summed E-state index contributed by atoms with van der Waals surface area (Å²) in [5, 5.41) is 3.41. The van der Waals surface area contributed by atoms with Gasteiger partial charge in [-0.1, -0.05) is 36.4 Å². The Labute approximate surface area is 166 Å². The zero-order valence-corrected chi connectivity index (χ0v) is 16.9. The van der Waals surface area contributed by atoms with E-state index in [1.807, 2.05) is 32.3 Å². The summed E-state index contributed by atoms with van der Waals surface area (Å²) >= 11 is 0. The van der Waals surface area contributed by atoms with E-state index in [0.717, 1.165) is 37.0 Å². The van der Waals surface area contributed by atoms with E-state index in [-0.39, 0.29) is 24.0 Å². The van der Waals surface area contributed by atoms with Crippen molar-refractivity contribution in [1.82, 2.24) is 10.2 Å². The van der Waals surface area contributed by atoms with E-state index in [4.69, 9.17) is 9.47 Å². The van der Waals surface area contributed by atoms with Crippen LogP contribution in [0.15, 0.2) is 53.5 Å². The Morgan fingerprint density at radius 2 is 1.84 bits per heavy atom. The molecule has 2 aromatic rings. The van der Waals surface area contributed by atoms with E-state index in [0.29, 0.717) is 6.79 Å². The fourth-order valence-corrected chi connectivity index (χ4v) is 2.73. The van der Waals surface area contributed by atoms with E-state index in [2.05, 4.69) is 45.5 Å². The molecule has 0 amide bonds. The van der Waals surface area contributed by atoms with Crippen molar-refractivity contribution in [2.75, 3.05) is 27.4 Å². The molecule has 0 saturated carbocycles. The van der Waals surface area contributed by atoms with Crippen LogP contribution in [-0.4, -0.2) is 38.3 Å². The number of halogens is 1. The Hall–Kier alpha value is -1.96. The van der Waals surface area contributed by atoms with Gasteiger partial charge in [-0.25, -0.2) is 0 Å². The van der Waals surface area contributed by atoms with Gasteiger partial charge in [0.25, 0.3) is 0 Å². The first kappa shape index (κ1) is 19.4. The van der Waals surface area contributed by atoms with Gasteiger partial charge in [0.2, 0.25) is 6.79 Å². The zero-order chi connectivity index (χ0) is 16.8. The van der Waals surface area contributed by atoms with Crippen LogP contribution in [0.1, 0.15) is 11.1 Å². The van der Waals surface area contributed by atoms with Crippen LogP contribution in [0.4, 0.5) is 0 Å². The molecule has 2 aromatic carbocycles. The van der Waals surface area contributed by atoms with Crippen LogP contribution in [-0.2, 0) is 13.0 Å². The van der Waals surface area contributed by atoms with Gasteiger partial charge in [-0.05, 0) is 29.7 Å². The third kappa shape index (κ3) is 5.26. The summed E-state index contributed by atoms with van der Waals surface area (Å²) in [7, 11) is 3.85. The van der Waals surface area contributed by atoms with Crippen molar-refractivity contribution in [1.29, 1.82) is 0 Å². The molecular weight excluding hydrogens is 429 g/mol. The molecule has 0 spiro atoms. The molecule has 25 heavy (non-hydrogen) atoms. The van der Waals surface area contributed by atoms with Crippen molar-refractivity contribution in [2.45, 2.75) is 13.0 Å². The number of aliphatic imine (C=N–C) groups is 1. The molecule has 134 valence electrons. The monoisotopic (exact) mass is 453 g/mol. The summed E-state index contributed by atoms with van der Waals surface area (Å²) in [6.45, 7) is 1.95. The highest BCUT2D eigenvalue weighted by Crippen LogP contribution is 2.32. The van der Waals surface area contributed by atoms with Crippen molar-refractivity contribution in [3.8, 4) is 11.5 Å². The van der Waals surface area contributed by atoms with Crippen LogP contribution in [0.3, 0.4) is 0 Å². The first-order chi connectivity index (χ1) is 11.8. The largest absolute Gasteiger partial charge is 0.454 e. The lowest BCUT2D eigenvalue weighted by Crippen LogP contribution is -2.39. The Balaban J connectivity index is 0.00000225.